The maximum atomic E-state index is 12.9. The molecule has 1 aliphatic heterocycles. The summed E-state index contributed by atoms with van der Waals surface area (Å²) >= 11 is 0. The van der Waals surface area contributed by atoms with Gasteiger partial charge in [-0.25, -0.2) is 0 Å². The third-order valence-corrected chi connectivity index (χ3v) is 5.45. The first-order valence-corrected chi connectivity index (χ1v) is 8.84. The van der Waals surface area contributed by atoms with Gasteiger partial charge in [-0.05, 0) is 50.6 Å². The number of piperidine rings is 1. The molecule has 1 aromatic carbocycles. The van der Waals surface area contributed by atoms with Gasteiger partial charge in [0, 0.05) is 19.6 Å². The first kappa shape index (κ1) is 16.5. The maximum Gasteiger partial charge on any atom is 0.223 e. The van der Waals surface area contributed by atoms with Crippen molar-refractivity contribution in [3.63, 3.8) is 0 Å². The number of benzene rings is 1. The molecule has 3 rings (SSSR count). The molecule has 1 amide bonds. The van der Waals surface area contributed by atoms with Crippen LogP contribution in [0.2, 0.25) is 0 Å². The van der Waals surface area contributed by atoms with Crippen LogP contribution in [0.5, 0.6) is 0 Å². The number of carbonyl (C=O) groups excluding carboxylic acids is 1. The summed E-state index contributed by atoms with van der Waals surface area (Å²) < 4.78 is 5.42. The standard InChI is InChI=1S/C19H28N2O2/c1-23-17-10-8-15(9-11-17)18(22)21-19(12-5-13-20-14-19)16-6-3-2-4-7-16/h2-4,6-7,15,17,20H,5,8-14H2,1H3,(H,21,22)/t15?,17?,19-/m1/s1. The van der Waals surface area contributed by atoms with E-state index in [0.29, 0.717) is 6.10 Å². The molecule has 0 radical (unpaired) electrons. The Bertz CT molecular complexity index is 503. The zero-order valence-corrected chi connectivity index (χ0v) is 14.0. The van der Waals surface area contributed by atoms with Crippen molar-refractivity contribution in [1.82, 2.24) is 10.6 Å². The van der Waals surface area contributed by atoms with Gasteiger partial charge in [-0.3, -0.25) is 4.79 Å². The predicted octanol–water partition coefficient (Wildman–Crippen LogP) is 2.59. The lowest BCUT2D eigenvalue weighted by molar-refractivity contribution is -0.129. The number of rotatable bonds is 4. The van der Waals surface area contributed by atoms with Gasteiger partial charge in [-0.2, -0.15) is 0 Å². The molecule has 1 aromatic rings. The Morgan fingerprint density at radius 2 is 1.96 bits per heavy atom. The van der Waals surface area contributed by atoms with E-state index in [9.17, 15) is 4.79 Å². The Kier molecular flexibility index (Phi) is 5.34. The minimum Gasteiger partial charge on any atom is -0.381 e. The van der Waals surface area contributed by atoms with Crippen molar-refractivity contribution >= 4 is 5.91 Å². The molecule has 0 bridgehead atoms. The highest BCUT2D eigenvalue weighted by Crippen LogP contribution is 2.31. The highest BCUT2D eigenvalue weighted by Gasteiger charge is 2.37. The molecule has 2 N–H and O–H groups in total. The summed E-state index contributed by atoms with van der Waals surface area (Å²) in [5.41, 5.74) is 0.959. The van der Waals surface area contributed by atoms with E-state index in [4.69, 9.17) is 4.74 Å². The molecule has 1 saturated carbocycles. The van der Waals surface area contributed by atoms with Gasteiger partial charge in [0.25, 0.3) is 0 Å². The van der Waals surface area contributed by atoms with E-state index in [1.54, 1.807) is 7.11 Å². The molecule has 0 unspecified atom stereocenters. The monoisotopic (exact) mass is 316 g/mol. The second-order valence-corrected chi connectivity index (χ2v) is 6.93. The van der Waals surface area contributed by atoms with Crippen molar-refractivity contribution in [3.05, 3.63) is 35.9 Å². The molecule has 23 heavy (non-hydrogen) atoms. The minimum atomic E-state index is -0.255. The van der Waals surface area contributed by atoms with Crippen LogP contribution >= 0.6 is 0 Å². The van der Waals surface area contributed by atoms with Gasteiger partial charge in [-0.15, -0.1) is 0 Å². The molecule has 2 aliphatic rings. The smallest absolute Gasteiger partial charge is 0.223 e. The lowest BCUT2D eigenvalue weighted by atomic mass is 9.81. The zero-order valence-electron chi connectivity index (χ0n) is 14.0. The molecule has 1 heterocycles. The second-order valence-electron chi connectivity index (χ2n) is 6.93. The first-order chi connectivity index (χ1) is 11.2. The fourth-order valence-electron chi connectivity index (χ4n) is 3.99. The fraction of sp³-hybridized carbons (Fsp3) is 0.632. The largest absolute Gasteiger partial charge is 0.381 e. The van der Waals surface area contributed by atoms with Crippen LogP contribution in [0.3, 0.4) is 0 Å². The van der Waals surface area contributed by atoms with Crippen LogP contribution in [0, 0.1) is 5.92 Å². The van der Waals surface area contributed by atoms with Crippen LogP contribution < -0.4 is 10.6 Å². The van der Waals surface area contributed by atoms with Crippen LogP contribution in [0.1, 0.15) is 44.1 Å². The van der Waals surface area contributed by atoms with Gasteiger partial charge in [0.2, 0.25) is 5.91 Å². The lowest BCUT2D eigenvalue weighted by Crippen LogP contribution is -2.56. The number of carbonyl (C=O) groups is 1. The average molecular weight is 316 g/mol. The van der Waals surface area contributed by atoms with Gasteiger partial charge < -0.3 is 15.4 Å². The third-order valence-electron chi connectivity index (χ3n) is 5.45. The lowest BCUT2D eigenvalue weighted by Gasteiger charge is -2.40. The van der Waals surface area contributed by atoms with Crippen molar-refractivity contribution in [3.8, 4) is 0 Å². The van der Waals surface area contributed by atoms with Crippen LogP contribution in [-0.4, -0.2) is 32.2 Å². The summed E-state index contributed by atoms with van der Waals surface area (Å²) in [6, 6.07) is 10.4. The number of hydrogen-bond donors (Lipinski definition) is 2. The highest BCUT2D eigenvalue weighted by atomic mass is 16.5. The van der Waals surface area contributed by atoms with Crippen molar-refractivity contribution in [2.45, 2.75) is 50.2 Å². The van der Waals surface area contributed by atoms with E-state index in [-0.39, 0.29) is 17.4 Å². The zero-order chi connectivity index (χ0) is 16.1. The number of hydrogen-bond acceptors (Lipinski definition) is 3. The van der Waals surface area contributed by atoms with Crippen molar-refractivity contribution in [1.29, 1.82) is 0 Å². The Morgan fingerprint density at radius 1 is 1.22 bits per heavy atom. The van der Waals surface area contributed by atoms with Gasteiger partial charge in [0.05, 0.1) is 11.6 Å². The molecular formula is C19H28N2O2. The molecule has 1 aliphatic carbocycles. The van der Waals surface area contributed by atoms with Gasteiger partial charge >= 0.3 is 0 Å². The predicted molar refractivity (Wildman–Crippen MR) is 91.1 cm³/mol. The number of ether oxygens (including phenoxy) is 1. The molecule has 0 spiro atoms. The number of nitrogens with one attached hydrogen (secondary N) is 2. The van der Waals surface area contributed by atoms with Crippen LogP contribution in [0.15, 0.2) is 30.3 Å². The van der Waals surface area contributed by atoms with Crippen molar-refractivity contribution in [2.75, 3.05) is 20.2 Å². The maximum absolute atomic E-state index is 12.9. The van der Waals surface area contributed by atoms with E-state index in [1.807, 2.05) is 6.07 Å². The topological polar surface area (TPSA) is 50.4 Å². The van der Waals surface area contributed by atoms with Crippen LogP contribution in [0.25, 0.3) is 0 Å². The molecule has 126 valence electrons. The fourth-order valence-corrected chi connectivity index (χ4v) is 3.99. The Labute approximate surface area is 139 Å². The highest BCUT2D eigenvalue weighted by molar-refractivity contribution is 5.79. The van der Waals surface area contributed by atoms with E-state index < -0.39 is 0 Å². The van der Waals surface area contributed by atoms with Gasteiger partial charge in [0.15, 0.2) is 0 Å². The van der Waals surface area contributed by atoms with Crippen LogP contribution in [-0.2, 0) is 15.1 Å². The van der Waals surface area contributed by atoms with Gasteiger partial charge in [0.1, 0.15) is 0 Å². The number of amides is 1. The SMILES string of the molecule is COC1CCC(C(=O)N[C@]2(c3ccccc3)CCCNC2)CC1. The molecule has 4 nitrogen and oxygen atoms in total. The van der Waals surface area contributed by atoms with E-state index in [2.05, 4.69) is 34.9 Å². The summed E-state index contributed by atoms with van der Waals surface area (Å²) in [5.74, 6) is 0.344. The van der Waals surface area contributed by atoms with E-state index >= 15 is 0 Å². The summed E-state index contributed by atoms with van der Waals surface area (Å²) in [5, 5.41) is 6.87. The molecule has 1 atom stereocenters. The molecule has 0 aromatic heterocycles. The summed E-state index contributed by atoms with van der Waals surface area (Å²) in [6.45, 7) is 1.85. The minimum absolute atomic E-state index is 0.129. The van der Waals surface area contributed by atoms with Crippen molar-refractivity contribution in [2.24, 2.45) is 5.92 Å². The summed E-state index contributed by atoms with van der Waals surface area (Å²) in [7, 11) is 1.77. The van der Waals surface area contributed by atoms with Gasteiger partial charge in [-0.1, -0.05) is 30.3 Å². The molecule has 2 fully saturated rings. The average Bonchev–Trinajstić information content (AvgIpc) is 2.63. The van der Waals surface area contributed by atoms with E-state index in [0.717, 1.165) is 51.6 Å². The molecule has 1 saturated heterocycles. The molecule has 4 heteroatoms. The Hall–Kier alpha value is -1.39. The summed E-state index contributed by atoms with van der Waals surface area (Å²) in [6.07, 6.45) is 6.27. The third kappa shape index (κ3) is 3.75. The van der Waals surface area contributed by atoms with Crippen molar-refractivity contribution < 1.29 is 9.53 Å². The second kappa shape index (κ2) is 7.45. The number of methoxy groups -OCH3 is 1. The summed E-state index contributed by atoms with van der Waals surface area (Å²) in [4.78, 5) is 12.9. The Balaban J connectivity index is 1.70. The first-order valence-electron chi connectivity index (χ1n) is 8.84. The quantitative estimate of drug-likeness (QED) is 0.898. The van der Waals surface area contributed by atoms with Crippen LogP contribution in [0.4, 0.5) is 0 Å². The molecular weight excluding hydrogens is 288 g/mol. The Morgan fingerprint density at radius 3 is 2.57 bits per heavy atom. The van der Waals surface area contributed by atoms with E-state index in [1.165, 1.54) is 5.56 Å². The normalized spacial score (nSPS) is 31.5.